The number of hydrogen-bond acceptors (Lipinski definition) is 3. The average molecular weight is 284 g/mol. The van der Waals surface area contributed by atoms with Crippen molar-refractivity contribution in [1.29, 1.82) is 0 Å². The van der Waals surface area contributed by atoms with Crippen molar-refractivity contribution in [3.63, 3.8) is 0 Å². The molecule has 1 N–H and O–H groups in total. The van der Waals surface area contributed by atoms with E-state index in [9.17, 15) is 9.59 Å². The standard InChI is InChI=1S/C14H18ClNO3/c1-10(2)6-5-9-19-14(18)13(17)16-12-8-4-3-7-11(12)15/h3-4,7-8,10H,5-6,9H2,1-2H3,(H,16,17). The first-order valence-corrected chi connectivity index (χ1v) is 6.61. The monoisotopic (exact) mass is 283 g/mol. The lowest BCUT2D eigenvalue weighted by Crippen LogP contribution is -2.25. The van der Waals surface area contributed by atoms with Crippen LogP contribution in [0.5, 0.6) is 0 Å². The van der Waals surface area contributed by atoms with E-state index in [4.69, 9.17) is 16.3 Å². The third kappa shape index (κ3) is 5.75. The molecular formula is C14H18ClNO3. The second-order valence-corrected chi connectivity index (χ2v) is 5.01. The van der Waals surface area contributed by atoms with Crippen LogP contribution < -0.4 is 5.32 Å². The van der Waals surface area contributed by atoms with Crippen molar-refractivity contribution in [2.24, 2.45) is 5.92 Å². The maximum Gasteiger partial charge on any atom is 0.397 e. The van der Waals surface area contributed by atoms with Gasteiger partial charge in [-0.25, -0.2) is 4.79 Å². The quantitative estimate of drug-likeness (QED) is 0.513. The molecule has 1 amide bonds. The van der Waals surface area contributed by atoms with Crippen molar-refractivity contribution >= 4 is 29.2 Å². The third-order valence-corrected chi connectivity index (χ3v) is 2.80. The lowest BCUT2D eigenvalue weighted by molar-refractivity contribution is -0.152. The van der Waals surface area contributed by atoms with E-state index in [-0.39, 0.29) is 6.61 Å². The minimum Gasteiger partial charge on any atom is -0.459 e. The van der Waals surface area contributed by atoms with Crippen LogP contribution in [0.3, 0.4) is 0 Å². The molecule has 1 aromatic carbocycles. The van der Waals surface area contributed by atoms with E-state index >= 15 is 0 Å². The van der Waals surface area contributed by atoms with E-state index in [1.54, 1.807) is 24.3 Å². The molecule has 0 saturated carbocycles. The topological polar surface area (TPSA) is 55.4 Å². The van der Waals surface area contributed by atoms with Gasteiger partial charge in [-0.3, -0.25) is 4.79 Å². The minimum atomic E-state index is -0.885. The number of nitrogens with one attached hydrogen (secondary N) is 1. The van der Waals surface area contributed by atoms with Crippen LogP contribution in [-0.2, 0) is 14.3 Å². The smallest absolute Gasteiger partial charge is 0.397 e. The zero-order valence-corrected chi connectivity index (χ0v) is 11.9. The molecule has 0 bridgehead atoms. The molecule has 0 aliphatic carbocycles. The van der Waals surface area contributed by atoms with Gasteiger partial charge < -0.3 is 10.1 Å². The molecule has 19 heavy (non-hydrogen) atoms. The maximum absolute atomic E-state index is 11.5. The Labute approximate surface area is 118 Å². The zero-order chi connectivity index (χ0) is 14.3. The third-order valence-electron chi connectivity index (χ3n) is 2.47. The van der Waals surface area contributed by atoms with E-state index in [2.05, 4.69) is 19.2 Å². The van der Waals surface area contributed by atoms with Crippen LogP contribution in [-0.4, -0.2) is 18.5 Å². The molecule has 1 rings (SSSR count). The number of halogens is 1. The highest BCUT2D eigenvalue weighted by Gasteiger charge is 2.16. The molecule has 0 heterocycles. The number of carbonyl (C=O) groups is 2. The summed E-state index contributed by atoms with van der Waals surface area (Å²) in [4.78, 5) is 23.0. The van der Waals surface area contributed by atoms with Gasteiger partial charge in [0.1, 0.15) is 0 Å². The average Bonchev–Trinajstić information content (AvgIpc) is 2.36. The number of para-hydroxylation sites is 1. The van der Waals surface area contributed by atoms with Gasteiger partial charge >= 0.3 is 11.9 Å². The first-order chi connectivity index (χ1) is 9.00. The van der Waals surface area contributed by atoms with Crippen molar-refractivity contribution in [2.75, 3.05) is 11.9 Å². The van der Waals surface area contributed by atoms with Gasteiger partial charge in [0.05, 0.1) is 17.3 Å². The molecule has 5 heteroatoms. The summed E-state index contributed by atoms with van der Waals surface area (Å²) in [5.74, 6) is -1.14. The Morgan fingerprint density at radius 2 is 2.00 bits per heavy atom. The lowest BCUT2D eigenvalue weighted by atomic mass is 10.1. The van der Waals surface area contributed by atoms with E-state index in [1.807, 2.05) is 0 Å². The number of ether oxygens (including phenoxy) is 1. The highest BCUT2D eigenvalue weighted by Crippen LogP contribution is 2.20. The van der Waals surface area contributed by atoms with E-state index in [0.717, 1.165) is 12.8 Å². The van der Waals surface area contributed by atoms with Crippen LogP contribution in [0.1, 0.15) is 26.7 Å². The first-order valence-electron chi connectivity index (χ1n) is 6.23. The summed E-state index contributed by atoms with van der Waals surface area (Å²) in [6, 6.07) is 6.70. The van der Waals surface area contributed by atoms with Gasteiger partial charge in [-0.2, -0.15) is 0 Å². The number of hydrogen-bond donors (Lipinski definition) is 1. The maximum atomic E-state index is 11.5. The van der Waals surface area contributed by atoms with Crippen molar-refractivity contribution in [2.45, 2.75) is 26.7 Å². The Hall–Kier alpha value is -1.55. The van der Waals surface area contributed by atoms with E-state index < -0.39 is 11.9 Å². The lowest BCUT2D eigenvalue weighted by Gasteiger charge is -2.08. The fraction of sp³-hybridized carbons (Fsp3) is 0.429. The number of anilines is 1. The first kappa shape index (κ1) is 15.5. The van der Waals surface area contributed by atoms with Gasteiger partial charge in [0.2, 0.25) is 0 Å². The highest BCUT2D eigenvalue weighted by molar-refractivity contribution is 6.39. The van der Waals surface area contributed by atoms with E-state index in [1.165, 1.54) is 0 Å². The van der Waals surface area contributed by atoms with Crippen molar-refractivity contribution in [3.05, 3.63) is 29.3 Å². The Morgan fingerprint density at radius 3 is 2.63 bits per heavy atom. The molecule has 0 atom stereocenters. The van der Waals surface area contributed by atoms with Gasteiger partial charge in [-0.05, 0) is 30.9 Å². The van der Waals surface area contributed by atoms with Crippen molar-refractivity contribution in [3.8, 4) is 0 Å². The fourth-order valence-corrected chi connectivity index (χ4v) is 1.64. The zero-order valence-electron chi connectivity index (χ0n) is 11.1. The van der Waals surface area contributed by atoms with Crippen LogP contribution in [0, 0.1) is 5.92 Å². The Morgan fingerprint density at radius 1 is 1.32 bits per heavy atom. The second-order valence-electron chi connectivity index (χ2n) is 4.61. The molecular weight excluding hydrogens is 266 g/mol. The summed E-state index contributed by atoms with van der Waals surface area (Å²) in [5, 5.41) is 2.79. The molecule has 4 nitrogen and oxygen atoms in total. The highest BCUT2D eigenvalue weighted by atomic mass is 35.5. The molecule has 0 radical (unpaired) electrons. The summed E-state index contributed by atoms with van der Waals surface area (Å²) in [5.41, 5.74) is 0.397. The van der Waals surface area contributed by atoms with Crippen LogP contribution in [0.15, 0.2) is 24.3 Å². The van der Waals surface area contributed by atoms with Crippen molar-refractivity contribution in [1.82, 2.24) is 0 Å². The molecule has 0 saturated heterocycles. The summed E-state index contributed by atoms with van der Waals surface area (Å²) >= 11 is 5.87. The summed E-state index contributed by atoms with van der Waals surface area (Å²) in [6.45, 7) is 4.44. The van der Waals surface area contributed by atoms with Crippen LogP contribution in [0.25, 0.3) is 0 Å². The SMILES string of the molecule is CC(C)CCCOC(=O)C(=O)Nc1ccccc1Cl. The largest absolute Gasteiger partial charge is 0.459 e. The number of rotatable bonds is 5. The number of esters is 1. The number of amides is 1. The molecule has 0 aliphatic heterocycles. The Bertz CT molecular complexity index is 446. The van der Waals surface area contributed by atoms with Crippen LogP contribution >= 0.6 is 11.6 Å². The van der Waals surface area contributed by atoms with Crippen LogP contribution in [0.4, 0.5) is 5.69 Å². The molecule has 0 aromatic heterocycles. The summed E-state index contributed by atoms with van der Waals surface area (Å²) in [6.07, 6.45) is 1.71. The van der Waals surface area contributed by atoms with Gasteiger partial charge in [-0.1, -0.05) is 37.6 Å². The molecule has 0 aliphatic rings. The summed E-state index contributed by atoms with van der Waals surface area (Å²) < 4.78 is 4.87. The van der Waals surface area contributed by atoms with Gasteiger partial charge in [0, 0.05) is 0 Å². The molecule has 1 aromatic rings. The summed E-state index contributed by atoms with van der Waals surface area (Å²) in [7, 11) is 0. The molecule has 0 fully saturated rings. The molecule has 0 spiro atoms. The molecule has 0 unspecified atom stereocenters. The van der Waals surface area contributed by atoms with Gasteiger partial charge in [0.25, 0.3) is 0 Å². The number of benzene rings is 1. The minimum absolute atomic E-state index is 0.257. The van der Waals surface area contributed by atoms with Crippen LogP contribution in [0.2, 0.25) is 5.02 Å². The molecule has 104 valence electrons. The second kappa shape index (κ2) is 7.79. The number of carbonyl (C=O) groups excluding carboxylic acids is 2. The van der Waals surface area contributed by atoms with Crippen molar-refractivity contribution < 1.29 is 14.3 Å². The van der Waals surface area contributed by atoms with E-state index in [0.29, 0.717) is 16.6 Å². The van der Waals surface area contributed by atoms with Gasteiger partial charge in [0.15, 0.2) is 0 Å². The Kier molecular flexibility index (Phi) is 6.36. The predicted octanol–water partition coefficient (Wildman–Crippen LogP) is 3.26. The normalized spacial score (nSPS) is 10.3. The Balaban J connectivity index is 2.37. The predicted molar refractivity (Wildman–Crippen MR) is 75.1 cm³/mol. The van der Waals surface area contributed by atoms with Gasteiger partial charge in [-0.15, -0.1) is 0 Å². The fourth-order valence-electron chi connectivity index (χ4n) is 1.46.